The van der Waals surface area contributed by atoms with Gasteiger partial charge in [-0.05, 0) is 75.1 Å². The van der Waals surface area contributed by atoms with Crippen LogP contribution in [-0.4, -0.2) is 0 Å². The van der Waals surface area contributed by atoms with Gasteiger partial charge in [0.25, 0.3) is 0 Å². The van der Waals surface area contributed by atoms with Gasteiger partial charge in [-0.2, -0.15) is 0 Å². The highest BCUT2D eigenvalue weighted by Gasteiger charge is 2.26. The minimum atomic E-state index is -0.0609. The van der Waals surface area contributed by atoms with Crippen LogP contribution < -0.4 is 0 Å². The van der Waals surface area contributed by atoms with Crippen LogP contribution in [0.15, 0.2) is 66.7 Å². The average Bonchev–Trinajstić information content (AvgIpc) is 2.66. The van der Waals surface area contributed by atoms with Crippen molar-refractivity contribution >= 4 is 23.2 Å². The predicted molar refractivity (Wildman–Crippen MR) is 142 cm³/mol. The van der Waals surface area contributed by atoms with Crippen molar-refractivity contribution in [3.05, 3.63) is 105 Å². The first kappa shape index (κ1) is 24.9. The van der Waals surface area contributed by atoms with Gasteiger partial charge in [-0.15, -0.1) is 0 Å². The summed E-state index contributed by atoms with van der Waals surface area (Å²) >= 11 is 13.1. The molecule has 0 nitrogen and oxygen atoms in total. The van der Waals surface area contributed by atoms with Crippen molar-refractivity contribution in [2.75, 3.05) is 0 Å². The Balaban J connectivity index is 1.82. The lowest BCUT2D eigenvalue weighted by Gasteiger charge is -2.29. The van der Waals surface area contributed by atoms with E-state index < -0.39 is 0 Å². The molecule has 0 saturated carbocycles. The summed E-state index contributed by atoms with van der Waals surface area (Å²) in [5.74, 6) is 0. The van der Waals surface area contributed by atoms with Gasteiger partial charge in [0.2, 0.25) is 0 Å². The van der Waals surface area contributed by atoms with E-state index in [9.17, 15) is 0 Å². The van der Waals surface area contributed by atoms with Crippen molar-refractivity contribution in [2.24, 2.45) is 0 Å². The number of hydrogen-bond donors (Lipinski definition) is 0. The minimum absolute atomic E-state index is 0.0291. The Kier molecular flexibility index (Phi) is 7.18. The molecule has 0 bridgehead atoms. The Morgan fingerprint density at radius 2 is 1.19 bits per heavy atom. The van der Waals surface area contributed by atoms with Crippen LogP contribution >= 0.6 is 23.2 Å². The summed E-state index contributed by atoms with van der Waals surface area (Å²) in [7, 11) is 0. The van der Waals surface area contributed by atoms with Gasteiger partial charge in [0.05, 0.1) is 0 Å². The van der Waals surface area contributed by atoms with Gasteiger partial charge in [-0.1, -0.05) is 120 Å². The van der Waals surface area contributed by atoms with E-state index >= 15 is 0 Å². The van der Waals surface area contributed by atoms with E-state index in [0.717, 1.165) is 22.9 Å². The van der Waals surface area contributed by atoms with Crippen LogP contribution in [0.4, 0.5) is 0 Å². The zero-order chi connectivity index (χ0) is 23.7. The van der Waals surface area contributed by atoms with E-state index in [2.05, 4.69) is 103 Å². The van der Waals surface area contributed by atoms with Crippen LogP contribution in [0.5, 0.6) is 0 Å². The smallest absolute Gasteiger partial charge is 0.0446 e. The Bertz CT molecular complexity index is 1080. The summed E-state index contributed by atoms with van der Waals surface area (Å²) < 4.78 is 0. The molecule has 3 aromatic carbocycles. The highest BCUT2D eigenvalue weighted by molar-refractivity contribution is 6.31. The molecule has 0 aliphatic rings. The van der Waals surface area contributed by atoms with Crippen molar-refractivity contribution < 1.29 is 0 Å². The molecule has 0 unspecified atom stereocenters. The summed E-state index contributed by atoms with van der Waals surface area (Å²) in [5, 5.41) is 1.63. The average molecular weight is 468 g/mol. The molecule has 0 saturated heterocycles. The second-order valence-electron chi connectivity index (χ2n) is 11.4. The molecule has 2 heteroatoms. The zero-order valence-corrected chi connectivity index (χ0v) is 22.0. The first-order valence-corrected chi connectivity index (χ1v) is 12.2. The van der Waals surface area contributed by atoms with Crippen molar-refractivity contribution in [3.63, 3.8) is 0 Å². The first-order valence-electron chi connectivity index (χ1n) is 11.4. The lowest BCUT2D eigenvalue weighted by molar-refractivity contribution is 0.514. The molecule has 0 N–H and O–H groups in total. The third kappa shape index (κ3) is 5.97. The first-order chi connectivity index (χ1) is 14.8. The van der Waals surface area contributed by atoms with Crippen molar-refractivity contribution in [3.8, 4) is 0 Å². The normalized spacial score (nSPS) is 12.8. The van der Waals surface area contributed by atoms with Gasteiger partial charge in [-0.3, -0.25) is 0 Å². The van der Waals surface area contributed by atoms with Crippen molar-refractivity contribution in [1.29, 1.82) is 0 Å². The fraction of sp³-hybridized carbons (Fsp3) is 0.400. The van der Waals surface area contributed by atoms with Gasteiger partial charge in [0.1, 0.15) is 0 Å². The van der Waals surface area contributed by atoms with Crippen LogP contribution in [0.2, 0.25) is 10.0 Å². The molecule has 0 aromatic heterocycles. The number of benzene rings is 3. The van der Waals surface area contributed by atoms with Crippen molar-refractivity contribution in [2.45, 2.75) is 77.6 Å². The van der Waals surface area contributed by atoms with Crippen molar-refractivity contribution in [1.82, 2.24) is 0 Å². The van der Waals surface area contributed by atoms with Gasteiger partial charge >= 0.3 is 0 Å². The Morgan fingerprint density at radius 3 is 1.81 bits per heavy atom. The molecular formula is C30H36Cl2. The minimum Gasteiger partial charge on any atom is -0.0843 e. The molecule has 32 heavy (non-hydrogen) atoms. The van der Waals surface area contributed by atoms with Crippen LogP contribution in [0.25, 0.3) is 0 Å². The van der Waals surface area contributed by atoms with Gasteiger partial charge in [0.15, 0.2) is 0 Å². The van der Waals surface area contributed by atoms with Crippen LogP contribution in [0.3, 0.4) is 0 Å². The fourth-order valence-electron chi connectivity index (χ4n) is 4.49. The van der Waals surface area contributed by atoms with Gasteiger partial charge in [-0.25, -0.2) is 0 Å². The maximum Gasteiger partial charge on any atom is 0.0446 e. The van der Waals surface area contributed by atoms with E-state index in [1.807, 2.05) is 12.1 Å². The zero-order valence-electron chi connectivity index (χ0n) is 20.5. The molecule has 0 fully saturated rings. The number of hydrogen-bond acceptors (Lipinski definition) is 0. The second-order valence-corrected chi connectivity index (χ2v) is 12.2. The highest BCUT2D eigenvalue weighted by atomic mass is 35.5. The summed E-state index contributed by atoms with van der Waals surface area (Å²) in [6, 6.07) is 23.7. The lowest BCUT2D eigenvalue weighted by Crippen LogP contribution is -2.23. The largest absolute Gasteiger partial charge is 0.0843 e. The molecule has 0 heterocycles. The molecule has 170 valence electrons. The topological polar surface area (TPSA) is 0 Å². The number of rotatable bonds is 6. The Morgan fingerprint density at radius 1 is 0.594 bits per heavy atom. The molecule has 0 atom stereocenters. The van der Waals surface area contributed by atoms with Crippen LogP contribution in [0.1, 0.15) is 76.3 Å². The van der Waals surface area contributed by atoms with Crippen LogP contribution in [-0.2, 0) is 29.1 Å². The third-order valence-electron chi connectivity index (χ3n) is 6.45. The maximum atomic E-state index is 6.86. The Labute approximate surface area is 205 Å². The fourth-order valence-corrected chi connectivity index (χ4v) is 5.14. The molecule has 0 radical (unpaired) electrons. The molecule has 0 aliphatic heterocycles. The molecule has 0 spiro atoms. The lowest BCUT2D eigenvalue weighted by atomic mass is 9.76. The molecule has 3 rings (SSSR count). The second kappa shape index (κ2) is 9.24. The Hall–Kier alpha value is -1.76. The van der Waals surface area contributed by atoms with E-state index in [-0.39, 0.29) is 16.2 Å². The molecule has 3 aromatic rings. The monoisotopic (exact) mass is 466 g/mol. The van der Waals surface area contributed by atoms with Crippen LogP contribution in [0, 0.1) is 0 Å². The van der Waals surface area contributed by atoms with E-state index in [1.54, 1.807) is 0 Å². The third-order valence-corrected chi connectivity index (χ3v) is 7.00. The maximum absolute atomic E-state index is 6.86. The summed E-state index contributed by atoms with van der Waals surface area (Å²) in [6.45, 7) is 15.9. The summed E-state index contributed by atoms with van der Waals surface area (Å²) in [4.78, 5) is 0. The van der Waals surface area contributed by atoms with E-state index in [1.165, 1.54) is 27.8 Å². The molecule has 0 amide bonds. The number of halogens is 2. The van der Waals surface area contributed by atoms with Gasteiger partial charge in [0, 0.05) is 10.0 Å². The predicted octanol–water partition coefficient (Wildman–Crippen LogP) is 9.33. The quantitative estimate of drug-likeness (QED) is 0.339. The molecular weight excluding hydrogens is 431 g/mol. The summed E-state index contributed by atoms with van der Waals surface area (Å²) in [5.41, 5.74) is 6.46. The summed E-state index contributed by atoms with van der Waals surface area (Å²) in [6.07, 6.45) is 1.85. The van der Waals surface area contributed by atoms with E-state index in [4.69, 9.17) is 23.2 Å². The standard InChI is InChI=1S/C30H36Cl2/c1-28(2,3)23-11-8-10-21(16-23)20-30(6,7)26-15-14-22(17-27(26)32)19-29(4,5)24-12-9-13-25(31)18-24/h8-18H,19-20H2,1-7H3. The highest BCUT2D eigenvalue weighted by Crippen LogP contribution is 2.36. The molecule has 0 aliphatic carbocycles. The SMILES string of the molecule is CC(C)(C)c1cccc(CC(C)(C)c2ccc(CC(C)(C)c3cccc(Cl)c3)cc2Cl)c1. The van der Waals surface area contributed by atoms with Gasteiger partial charge < -0.3 is 0 Å². The van der Waals surface area contributed by atoms with E-state index in [0.29, 0.717) is 0 Å².